The monoisotopic (exact) mass is 262 g/mol. The molecule has 0 aliphatic heterocycles. The van der Waals surface area contributed by atoms with E-state index in [-0.39, 0.29) is 5.91 Å². The van der Waals surface area contributed by atoms with Crippen LogP contribution >= 0.6 is 11.6 Å². The van der Waals surface area contributed by atoms with Gasteiger partial charge in [-0.3, -0.25) is 4.79 Å². The van der Waals surface area contributed by atoms with Crippen LogP contribution in [0.3, 0.4) is 0 Å². The van der Waals surface area contributed by atoms with Gasteiger partial charge in [-0.05, 0) is 24.3 Å². The normalized spacial score (nSPS) is 9.89. The Morgan fingerprint density at radius 2 is 2.11 bits per heavy atom. The van der Waals surface area contributed by atoms with Gasteiger partial charge in [0.15, 0.2) is 5.82 Å². The molecule has 18 heavy (non-hydrogen) atoms. The van der Waals surface area contributed by atoms with Gasteiger partial charge < -0.3 is 10.6 Å². The lowest BCUT2D eigenvalue weighted by Crippen LogP contribution is -2.15. The third-order valence-corrected chi connectivity index (χ3v) is 2.53. The Balaban J connectivity index is 2.19. The topological polar surface area (TPSA) is 66.9 Å². The highest BCUT2D eigenvalue weighted by atomic mass is 35.5. The van der Waals surface area contributed by atoms with Crippen molar-refractivity contribution in [1.29, 1.82) is 0 Å². The van der Waals surface area contributed by atoms with Crippen molar-refractivity contribution in [3.8, 4) is 0 Å². The zero-order valence-corrected chi connectivity index (χ0v) is 10.4. The Kier molecular flexibility index (Phi) is 3.74. The molecule has 0 spiro atoms. The van der Waals surface area contributed by atoms with Crippen molar-refractivity contribution in [3.63, 3.8) is 0 Å². The fraction of sp³-hybridized carbons (Fsp3) is 0.0833. The van der Waals surface area contributed by atoms with Crippen LogP contribution in [0.5, 0.6) is 0 Å². The summed E-state index contributed by atoms with van der Waals surface area (Å²) in [4.78, 5) is 20.0. The van der Waals surface area contributed by atoms with E-state index in [1.165, 1.54) is 0 Å². The largest absolute Gasteiger partial charge is 0.373 e. The van der Waals surface area contributed by atoms with Crippen molar-refractivity contribution in [2.24, 2.45) is 0 Å². The van der Waals surface area contributed by atoms with E-state index in [2.05, 4.69) is 20.6 Å². The smallest absolute Gasteiger partial charge is 0.275 e. The number of pyridine rings is 2. The summed E-state index contributed by atoms with van der Waals surface area (Å²) in [6, 6.07) is 8.48. The average molecular weight is 263 g/mol. The van der Waals surface area contributed by atoms with Crippen LogP contribution in [0.25, 0.3) is 0 Å². The molecule has 0 saturated carbocycles. The molecule has 0 aliphatic rings. The summed E-state index contributed by atoms with van der Waals surface area (Å²) in [5, 5.41) is 5.86. The number of anilines is 2. The molecule has 2 heterocycles. The van der Waals surface area contributed by atoms with E-state index < -0.39 is 0 Å². The number of carbonyl (C=O) groups excluding carboxylic acids is 1. The molecule has 0 unspecified atom stereocenters. The predicted octanol–water partition coefficient (Wildman–Crippen LogP) is 2.42. The minimum Gasteiger partial charge on any atom is -0.373 e. The standard InChI is InChI=1S/C12H11ClN4O/c1-14-10-6-2-5-9(16-10)12(18)17-11-8(13)4-3-7-15-11/h2-7H,1H3,(H,14,16)(H,15,17,18). The van der Waals surface area contributed by atoms with E-state index in [0.717, 1.165) is 0 Å². The molecule has 2 aromatic heterocycles. The minimum absolute atomic E-state index is 0.295. The summed E-state index contributed by atoms with van der Waals surface area (Å²) in [6.45, 7) is 0. The molecule has 2 N–H and O–H groups in total. The summed E-state index contributed by atoms with van der Waals surface area (Å²) in [5.41, 5.74) is 0.295. The average Bonchev–Trinajstić information content (AvgIpc) is 2.41. The van der Waals surface area contributed by atoms with E-state index in [0.29, 0.717) is 22.4 Å². The van der Waals surface area contributed by atoms with E-state index >= 15 is 0 Å². The number of hydrogen-bond acceptors (Lipinski definition) is 4. The Hall–Kier alpha value is -2.14. The zero-order valence-electron chi connectivity index (χ0n) is 9.64. The minimum atomic E-state index is -0.354. The molecule has 0 radical (unpaired) electrons. The number of carbonyl (C=O) groups is 1. The lowest BCUT2D eigenvalue weighted by Gasteiger charge is -2.06. The predicted molar refractivity (Wildman–Crippen MR) is 71.0 cm³/mol. The van der Waals surface area contributed by atoms with Gasteiger partial charge in [0.2, 0.25) is 0 Å². The quantitative estimate of drug-likeness (QED) is 0.892. The van der Waals surface area contributed by atoms with E-state index in [4.69, 9.17) is 11.6 Å². The number of hydrogen-bond donors (Lipinski definition) is 2. The van der Waals surface area contributed by atoms with Gasteiger partial charge in [0.1, 0.15) is 11.5 Å². The summed E-state index contributed by atoms with van der Waals surface area (Å²) in [7, 11) is 1.74. The fourth-order valence-corrected chi connectivity index (χ4v) is 1.52. The number of amides is 1. The number of halogens is 1. The van der Waals surface area contributed by atoms with Gasteiger partial charge in [0, 0.05) is 13.2 Å². The van der Waals surface area contributed by atoms with Crippen molar-refractivity contribution in [1.82, 2.24) is 9.97 Å². The second-order valence-corrected chi connectivity index (χ2v) is 3.85. The third-order valence-electron chi connectivity index (χ3n) is 2.23. The van der Waals surface area contributed by atoms with E-state index in [9.17, 15) is 4.79 Å². The van der Waals surface area contributed by atoms with Gasteiger partial charge in [-0.25, -0.2) is 9.97 Å². The summed E-state index contributed by atoms with van der Waals surface area (Å²) < 4.78 is 0. The van der Waals surface area contributed by atoms with Crippen LogP contribution in [0.2, 0.25) is 5.02 Å². The maximum absolute atomic E-state index is 11.9. The zero-order chi connectivity index (χ0) is 13.0. The molecule has 0 atom stereocenters. The van der Waals surface area contributed by atoms with Gasteiger partial charge in [-0.15, -0.1) is 0 Å². The van der Waals surface area contributed by atoms with Crippen LogP contribution in [0, 0.1) is 0 Å². The fourth-order valence-electron chi connectivity index (χ4n) is 1.35. The third kappa shape index (κ3) is 2.75. The lowest BCUT2D eigenvalue weighted by molar-refractivity contribution is 0.102. The molecular formula is C12H11ClN4O. The van der Waals surface area contributed by atoms with Crippen molar-refractivity contribution < 1.29 is 4.79 Å². The molecular weight excluding hydrogens is 252 g/mol. The molecule has 1 amide bonds. The number of rotatable bonds is 3. The Morgan fingerprint density at radius 1 is 1.28 bits per heavy atom. The highest BCUT2D eigenvalue weighted by Gasteiger charge is 2.10. The second-order valence-electron chi connectivity index (χ2n) is 3.45. The van der Waals surface area contributed by atoms with Crippen LogP contribution in [-0.2, 0) is 0 Å². The molecule has 92 valence electrons. The van der Waals surface area contributed by atoms with Crippen LogP contribution in [0.15, 0.2) is 36.5 Å². The van der Waals surface area contributed by atoms with Crippen LogP contribution in [0.4, 0.5) is 11.6 Å². The van der Waals surface area contributed by atoms with Gasteiger partial charge in [-0.1, -0.05) is 17.7 Å². The number of nitrogens with zero attached hydrogens (tertiary/aromatic N) is 2. The van der Waals surface area contributed by atoms with E-state index in [1.54, 1.807) is 43.6 Å². The molecule has 5 nitrogen and oxygen atoms in total. The first-order chi connectivity index (χ1) is 8.70. The van der Waals surface area contributed by atoms with Crippen molar-refractivity contribution in [2.75, 3.05) is 17.7 Å². The number of nitrogens with one attached hydrogen (secondary N) is 2. The maximum atomic E-state index is 11.9. The molecule has 0 aliphatic carbocycles. The van der Waals surface area contributed by atoms with Crippen molar-refractivity contribution in [3.05, 3.63) is 47.2 Å². The number of aromatic nitrogens is 2. The Morgan fingerprint density at radius 3 is 2.83 bits per heavy atom. The molecule has 0 bridgehead atoms. The lowest BCUT2D eigenvalue weighted by atomic mass is 10.3. The maximum Gasteiger partial charge on any atom is 0.275 e. The van der Waals surface area contributed by atoms with Crippen molar-refractivity contribution in [2.45, 2.75) is 0 Å². The van der Waals surface area contributed by atoms with Gasteiger partial charge in [0.05, 0.1) is 5.02 Å². The first-order valence-electron chi connectivity index (χ1n) is 5.27. The molecule has 2 rings (SSSR count). The van der Waals surface area contributed by atoms with Crippen LogP contribution < -0.4 is 10.6 Å². The van der Waals surface area contributed by atoms with E-state index in [1.807, 2.05) is 0 Å². The molecule has 2 aromatic rings. The molecule has 0 saturated heterocycles. The summed E-state index contributed by atoms with van der Waals surface area (Å²) in [5.74, 6) is 0.586. The van der Waals surface area contributed by atoms with Gasteiger partial charge >= 0.3 is 0 Å². The molecule has 0 aromatic carbocycles. The van der Waals surface area contributed by atoms with Crippen LogP contribution in [0.1, 0.15) is 10.5 Å². The molecule has 6 heteroatoms. The Labute approximate surface area is 109 Å². The van der Waals surface area contributed by atoms with Crippen LogP contribution in [-0.4, -0.2) is 22.9 Å². The highest BCUT2D eigenvalue weighted by Crippen LogP contribution is 2.18. The first kappa shape index (κ1) is 12.3. The summed E-state index contributed by atoms with van der Waals surface area (Å²) in [6.07, 6.45) is 1.55. The first-order valence-corrected chi connectivity index (χ1v) is 5.65. The molecule has 0 fully saturated rings. The highest BCUT2D eigenvalue weighted by molar-refractivity contribution is 6.33. The summed E-state index contributed by atoms with van der Waals surface area (Å²) >= 11 is 5.90. The SMILES string of the molecule is CNc1cccc(C(=O)Nc2ncccc2Cl)n1. The Bertz CT molecular complexity index is 574. The van der Waals surface area contributed by atoms with Gasteiger partial charge in [0.25, 0.3) is 5.91 Å². The van der Waals surface area contributed by atoms with Gasteiger partial charge in [-0.2, -0.15) is 0 Å². The second kappa shape index (κ2) is 5.46. The van der Waals surface area contributed by atoms with Crippen molar-refractivity contribution >= 4 is 29.1 Å².